The molecule has 0 bridgehead atoms. The molecule has 15 heavy (non-hydrogen) atoms. The summed E-state index contributed by atoms with van der Waals surface area (Å²) in [6.45, 7) is 0. The van der Waals surface area contributed by atoms with Crippen LogP contribution in [-0.2, 0) is 6.42 Å². The highest BCUT2D eigenvalue weighted by molar-refractivity contribution is 5.30. The number of rotatable bonds is 3. The smallest absolute Gasteiger partial charge is 0.120 e. The summed E-state index contributed by atoms with van der Waals surface area (Å²) in [7, 11) is 0. The van der Waals surface area contributed by atoms with Crippen LogP contribution in [0.3, 0.4) is 0 Å². The maximum Gasteiger partial charge on any atom is 0.120 e. The third kappa shape index (κ3) is 2.73. The molecule has 78 valence electrons. The number of ether oxygens (including phenoxy) is 1. The van der Waals surface area contributed by atoms with E-state index >= 15 is 0 Å². The Balaban J connectivity index is 2.01. The minimum Gasteiger partial charge on any atom is -0.490 e. The van der Waals surface area contributed by atoms with E-state index in [2.05, 4.69) is 6.07 Å². The zero-order valence-electron chi connectivity index (χ0n) is 8.78. The van der Waals surface area contributed by atoms with E-state index < -0.39 is 0 Å². The van der Waals surface area contributed by atoms with E-state index in [0.29, 0.717) is 12.5 Å². The summed E-state index contributed by atoms with van der Waals surface area (Å²) in [5.41, 5.74) is 1.04. The molecule has 0 radical (unpaired) electrons. The topological polar surface area (TPSA) is 33.0 Å². The van der Waals surface area contributed by atoms with Crippen LogP contribution in [0.2, 0.25) is 0 Å². The average Bonchev–Trinajstić information content (AvgIpc) is 2.71. The van der Waals surface area contributed by atoms with Crippen LogP contribution in [-0.4, -0.2) is 6.10 Å². The Labute approximate surface area is 90.5 Å². The Kier molecular flexibility index (Phi) is 3.24. The first-order valence-electron chi connectivity index (χ1n) is 5.51. The molecular formula is C13H15NO. The van der Waals surface area contributed by atoms with E-state index in [1.807, 2.05) is 24.3 Å². The fraction of sp³-hybridized carbons (Fsp3) is 0.462. The SMILES string of the molecule is N#CCc1cccc(OC2CCCC2)c1. The van der Waals surface area contributed by atoms with Gasteiger partial charge < -0.3 is 4.74 Å². The molecule has 0 atom stereocenters. The minimum absolute atomic E-state index is 0.391. The maximum atomic E-state index is 8.60. The zero-order chi connectivity index (χ0) is 10.5. The van der Waals surface area contributed by atoms with Crippen LogP contribution < -0.4 is 4.74 Å². The Bertz CT molecular complexity index is 361. The van der Waals surface area contributed by atoms with Gasteiger partial charge in [-0.15, -0.1) is 0 Å². The van der Waals surface area contributed by atoms with Crippen molar-refractivity contribution in [3.8, 4) is 11.8 Å². The summed E-state index contributed by atoms with van der Waals surface area (Å²) in [4.78, 5) is 0. The van der Waals surface area contributed by atoms with Crippen molar-refractivity contribution < 1.29 is 4.74 Å². The lowest BCUT2D eigenvalue weighted by Crippen LogP contribution is -2.10. The Morgan fingerprint density at radius 2 is 2.13 bits per heavy atom. The van der Waals surface area contributed by atoms with Crippen molar-refractivity contribution in [1.29, 1.82) is 5.26 Å². The lowest BCUT2D eigenvalue weighted by atomic mass is 10.1. The molecule has 0 aliphatic heterocycles. The van der Waals surface area contributed by atoms with Crippen LogP contribution in [0.25, 0.3) is 0 Å². The van der Waals surface area contributed by atoms with Crippen LogP contribution >= 0.6 is 0 Å². The molecule has 1 aromatic rings. The van der Waals surface area contributed by atoms with E-state index in [-0.39, 0.29) is 0 Å². The van der Waals surface area contributed by atoms with Gasteiger partial charge in [-0.25, -0.2) is 0 Å². The molecule has 1 saturated carbocycles. The molecule has 1 fully saturated rings. The predicted molar refractivity (Wildman–Crippen MR) is 58.6 cm³/mol. The molecule has 1 aliphatic carbocycles. The Morgan fingerprint density at radius 1 is 1.33 bits per heavy atom. The van der Waals surface area contributed by atoms with Gasteiger partial charge in [0.1, 0.15) is 5.75 Å². The second-order valence-electron chi connectivity index (χ2n) is 4.01. The van der Waals surface area contributed by atoms with Crippen molar-refractivity contribution in [2.75, 3.05) is 0 Å². The van der Waals surface area contributed by atoms with Gasteiger partial charge in [0.05, 0.1) is 18.6 Å². The lowest BCUT2D eigenvalue weighted by Gasteiger charge is -2.13. The summed E-state index contributed by atoms with van der Waals surface area (Å²) in [5.74, 6) is 0.912. The number of hydrogen-bond acceptors (Lipinski definition) is 2. The second-order valence-corrected chi connectivity index (χ2v) is 4.01. The number of hydrogen-bond donors (Lipinski definition) is 0. The van der Waals surface area contributed by atoms with Gasteiger partial charge in [0.15, 0.2) is 0 Å². The molecule has 0 N–H and O–H groups in total. The van der Waals surface area contributed by atoms with Gasteiger partial charge in [-0.1, -0.05) is 12.1 Å². The molecule has 0 heterocycles. The predicted octanol–water partition coefficient (Wildman–Crippen LogP) is 3.07. The van der Waals surface area contributed by atoms with E-state index in [9.17, 15) is 0 Å². The first-order chi connectivity index (χ1) is 7.38. The molecular weight excluding hydrogens is 186 g/mol. The minimum atomic E-state index is 0.391. The van der Waals surface area contributed by atoms with Crippen LogP contribution in [0.15, 0.2) is 24.3 Å². The third-order valence-electron chi connectivity index (χ3n) is 2.79. The van der Waals surface area contributed by atoms with Crippen molar-refractivity contribution >= 4 is 0 Å². The highest BCUT2D eigenvalue weighted by Crippen LogP contribution is 2.24. The van der Waals surface area contributed by atoms with Crippen molar-refractivity contribution in [2.45, 2.75) is 38.2 Å². The largest absolute Gasteiger partial charge is 0.490 e. The van der Waals surface area contributed by atoms with Gasteiger partial charge >= 0.3 is 0 Å². The molecule has 0 saturated heterocycles. The highest BCUT2D eigenvalue weighted by Gasteiger charge is 2.16. The maximum absolute atomic E-state index is 8.60. The summed E-state index contributed by atoms with van der Waals surface area (Å²) in [6.07, 6.45) is 5.75. The van der Waals surface area contributed by atoms with Crippen LogP contribution in [0, 0.1) is 11.3 Å². The molecule has 0 spiro atoms. The highest BCUT2D eigenvalue weighted by atomic mass is 16.5. The number of benzene rings is 1. The first kappa shape index (κ1) is 10.0. The van der Waals surface area contributed by atoms with Gasteiger partial charge in [-0.3, -0.25) is 0 Å². The van der Waals surface area contributed by atoms with Gasteiger partial charge in [0, 0.05) is 0 Å². The van der Waals surface area contributed by atoms with E-state index in [1.165, 1.54) is 25.7 Å². The standard InChI is InChI=1S/C13H15NO/c14-9-8-11-4-3-7-13(10-11)15-12-5-1-2-6-12/h3-4,7,10,12H,1-2,5-6,8H2. The van der Waals surface area contributed by atoms with Gasteiger partial charge in [-0.2, -0.15) is 5.26 Å². The molecule has 2 nitrogen and oxygen atoms in total. The van der Waals surface area contributed by atoms with E-state index in [4.69, 9.17) is 10.00 Å². The second kappa shape index (κ2) is 4.84. The third-order valence-corrected chi connectivity index (χ3v) is 2.79. The lowest BCUT2D eigenvalue weighted by molar-refractivity contribution is 0.210. The monoisotopic (exact) mass is 201 g/mol. The van der Waals surface area contributed by atoms with Gasteiger partial charge in [0.2, 0.25) is 0 Å². The zero-order valence-corrected chi connectivity index (χ0v) is 8.78. The number of nitriles is 1. The first-order valence-corrected chi connectivity index (χ1v) is 5.51. The molecule has 1 aromatic carbocycles. The van der Waals surface area contributed by atoms with Crippen molar-refractivity contribution in [2.24, 2.45) is 0 Å². The number of nitrogens with zero attached hydrogens (tertiary/aromatic N) is 1. The Hall–Kier alpha value is -1.49. The van der Waals surface area contributed by atoms with E-state index in [0.717, 1.165) is 11.3 Å². The summed E-state index contributed by atoms with van der Waals surface area (Å²) in [5, 5.41) is 8.60. The summed E-state index contributed by atoms with van der Waals surface area (Å²) < 4.78 is 5.85. The van der Waals surface area contributed by atoms with Gasteiger partial charge in [-0.05, 0) is 43.4 Å². The normalized spacial score (nSPS) is 16.2. The van der Waals surface area contributed by atoms with Crippen LogP contribution in [0.4, 0.5) is 0 Å². The molecule has 2 rings (SSSR count). The van der Waals surface area contributed by atoms with Gasteiger partial charge in [0.25, 0.3) is 0 Å². The average molecular weight is 201 g/mol. The van der Waals surface area contributed by atoms with Crippen molar-refractivity contribution in [3.63, 3.8) is 0 Å². The summed E-state index contributed by atoms with van der Waals surface area (Å²) >= 11 is 0. The molecule has 1 aliphatic rings. The fourth-order valence-electron chi connectivity index (χ4n) is 2.02. The van der Waals surface area contributed by atoms with Crippen LogP contribution in [0.5, 0.6) is 5.75 Å². The van der Waals surface area contributed by atoms with E-state index in [1.54, 1.807) is 0 Å². The molecule has 0 unspecified atom stereocenters. The molecule has 2 heteroatoms. The molecule has 0 aromatic heterocycles. The van der Waals surface area contributed by atoms with Crippen molar-refractivity contribution in [1.82, 2.24) is 0 Å². The Morgan fingerprint density at radius 3 is 2.87 bits per heavy atom. The van der Waals surface area contributed by atoms with Crippen LogP contribution in [0.1, 0.15) is 31.2 Å². The van der Waals surface area contributed by atoms with Crippen molar-refractivity contribution in [3.05, 3.63) is 29.8 Å². The summed E-state index contributed by atoms with van der Waals surface area (Å²) in [6, 6.07) is 10.0. The molecule has 0 amide bonds. The fourth-order valence-corrected chi connectivity index (χ4v) is 2.02. The quantitative estimate of drug-likeness (QED) is 0.753.